The highest BCUT2D eigenvalue weighted by atomic mass is 19.4. The fourth-order valence-corrected chi connectivity index (χ4v) is 2.49. The molecule has 2 N–H and O–H groups in total. The van der Waals surface area contributed by atoms with Crippen LogP contribution in [0.2, 0.25) is 0 Å². The first-order chi connectivity index (χ1) is 13.7. The van der Waals surface area contributed by atoms with Gasteiger partial charge in [0, 0.05) is 37.1 Å². The average Bonchev–Trinajstić information content (AvgIpc) is 2.69. The third kappa shape index (κ3) is 7.06. The SMILES string of the molecule is Cc1ccc(C(=O)CCC(=O)NCCNC(=O)c2ccc(C(F)(F)F)cc2)cc1. The van der Waals surface area contributed by atoms with Gasteiger partial charge in [0.1, 0.15) is 0 Å². The summed E-state index contributed by atoms with van der Waals surface area (Å²) in [6.45, 7) is 2.17. The number of benzene rings is 2. The Hall–Kier alpha value is -3.16. The van der Waals surface area contributed by atoms with E-state index in [9.17, 15) is 27.6 Å². The molecule has 0 aliphatic rings. The molecule has 0 saturated heterocycles. The van der Waals surface area contributed by atoms with Crippen LogP contribution >= 0.6 is 0 Å². The summed E-state index contributed by atoms with van der Waals surface area (Å²) < 4.78 is 37.5. The summed E-state index contributed by atoms with van der Waals surface area (Å²) in [6, 6.07) is 10.9. The first-order valence-electron chi connectivity index (χ1n) is 8.99. The van der Waals surface area contributed by atoms with E-state index in [0.717, 1.165) is 29.8 Å². The van der Waals surface area contributed by atoms with E-state index in [1.54, 1.807) is 12.1 Å². The highest BCUT2D eigenvalue weighted by Crippen LogP contribution is 2.29. The van der Waals surface area contributed by atoms with Crippen LogP contribution in [0.4, 0.5) is 13.2 Å². The molecule has 0 bridgehead atoms. The lowest BCUT2D eigenvalue weighted by molar-refractivity contribution is -0.137. The number of alkyl halides is 3. The first-order valence-corrected chi connectivity index (χ1v) is 8.99. The van der Waals surface area contributed by atoms with Gasteiger partial charge in [-0.2, -0.15) is 13.2 Å². The molecular weight excluding hydrogens is 385 g/mol. The molecule has 0 fully saturated rings. The molecule has 2 amide bonds. The highest BCUT2D eigenvalue weighted by molar-refractivity contribution is 5.98. The Labute approximate surface area is 166 Å². The molecule has 0 heterocycles. The van der Waals surface area contributed by atoms with E-state index in [-0.39, 0.29) is 43.2 Å². The molecule has 0 spiro atoms. The Morgan fingerprint density at radius 1 is 0.793 bits per heavy atom. The average molecular weight is 406 g/mol. The van der Waals surface area contributed by atoms with Crippen LogP contribution in [0.1, 0.15) is 44.7 Å². The summed E-state index contributed by atoms with van der Waals surface area (Å²) in [6.07, 6.45) is -4.35. The first kappa shape index (κ1) is 22.1. The molecule has 0 aliphatic heterocycles. The van der Waals surface area contributed by atoms with Crippen molar-refractivity contribution in [2.45, 2.75) is 25.9 Å². The molecule has 0 saturated carbocycles. The standard InChI is InChI=1S/C21H21F3N2O3/c1-14-2-4-15(5-3-14)18(27)10-11-19(28)25-12-13-26-20(29)16-6-8-17(9-7-16)21(22,23)24/h2-9H,10-13H2,1H3,(H,25,28)(H,26,29). The van der Waals surface area contributed by atoms with Gasteiger partial charge in [-0.1, -0.05) is 29.8 Å². The molecular formula is C21H21F3N2O3. The Balaban J connectivity index is 1.67. The van der Waals surface area contributed by atoms with Crippen molar-refractivity contribution in [3.8, 4) is 0 Å². The number of ketones is 1. The number of aryl methyl sites for hydroxylation is 1. The Kier molecular flexibility index (Phi) is 7.52. The summed E-state index contributed by atoms with van der Waals surface area (Å²) >= 11 is 0. The van der Waals surface area contributed by atoms with Crippen molar-refractivity contribution >= 4 is 17.6 Å². The van der Waals surface area contributed by atoms with Crippen molar-refractivity contribution in [3.05, 3.63) is 70.8 Å². The predicted molar refractivity (Wildman–Crippen MR) is 102 cm³/mol. The lowest BCUT2D eigenvalue weighted by Gasteiger charge is -2.09. The third-order valence-corrected chi connectivity index (χ3v) is 4.16. The fraction of sp³-hybridized carbons (Fsp3) is 0.286. The quantitative estimate of drug-likeness (QED) is 0.520. The molecule has 0 unspecified atom stereocenters. The van der Waals surface area contributed by atoms with Crippen LogP contribution in [0.25, 0.3) is 0 Å². The minimum Gasteiger partial charge on any atom is -0.354 e. The number of amides is 2. The molecule has 29 heavy (non-hydrogen) atoms. The summed E-state index contributed by atoms with van der Waals surface area (Å²) in [7, 11) is 0. The second kappa shape index (κ2) is 9.86. The Bertz CT molecular complexity index is 860. The van der Waals surface area contributed by atoms with Gasteiger partial charge in [0.15, 0.2) is 5.78 Å². The van der Waals surface area contributed by atoms with Gasteiger partial charge in [-0.25, -0.2) is 0 Å². The van der Waals surface area contributed by atoms with E-state index in [1.165, 1.54) is 0 Å². The monoisotopic (exact) mass is 406 g/mol. The van der Waals surface area contributed by atoms with Crippen molar-refractivity contribution in [3.63, 3.8) is 0 Å². The van der Waals surface area contributed by atoms with E-state index < -0.39 is 17.6 Å². The molecule has 0 atom stereocenters. The van der Waals surface area contributed by atoms with Crippen LogP contribution in [0, 0.1) is 6.92 Å². The van der Waals surface area contributed by atoms with Crippen molar-refractivity contribution in [2.24, 2.45) is 0 Å². The number of nitrogens with one attached hydrogen (secondary N) is 2. The van der Waals surface area contributed by atoms with Gasteiger partial charge in [-0.05, 0) is 31.2 Å². The third-order valence-electron chi connectivity index (χ3n) is 4.16. The van der Waals surface area contributed by atoms with Gasteiger partial charge in [0.25, 0.3) is 5.91 Å². The van der Waals surface area contributed by atoms with Crippen LogP contribution in [0.15, 0.2) is 48.5 Å². The zero-order chi connectivity index (χ0) is 21.4. The maximum atomic E-state index is 12.5. The second-order valence-electron chi connectivity index (χ2n) is 6.47. The molecule has 8 heteroatoms. The van der Waals surface area contributed by atoms with Crippen LogP contribution in [0.5, 0.6) is 0 Å². The number of carbonyl (C=O) groups excluding carboxylic acids is 3. The van der Waals surface area contributed by atoms with Crippen molar-refractivity contribution in [2.75, 3.05) is 13.1 Å². The molecule has 0 radical (unpaired) electrons. The van der Waals surface area contributed by atoms with E-state index in [4.69, 9.17) is 0 Å². The molecule has 2 aromatic rings. The molecule has 154 valence electrons. The maximum Gasteiger partial charge on any atom is 0.416 e. The van der Waals surface area contributed by atoms with Gasteiger partial charge >= 0.3 is 6.18 Å². The zero-order valence-electron chi connectivity index (χ0n) is 15.8. The minimum absolute atomic E-state index is 0.0273. The predicted octanol–water partition coefficient (Wildman–Crippen LogP) is 3.52. The van der Waals surface area contributed by atoms with Crippen molar-refractivity contribution in [1.29, 1.82) is 0 Å². The number of rotatable bonds is 8. The molecule has 0 aromatic heterocycles. The largest absolute Gasteiger partial charge is 0.416 e. The summed E-state index contributed by atoms with van der Waals surface area (Å²) in [5.74, 6) is -0.993. The minimum atomic E-state index is -4.46. The molecule has 2 aromatic carbocycles. The number of hydrogen-bond donors (Lipinski definition) is 2. The number of hydrogen-bond acceptors (Lipinski definition) is 3. The lowest BCUT2D eigenvalue weighted by atomic mass is 10.1. The van der Waals surface area contributed by atoms with Gasteiger partial charge in [0.2, 0.25) is 5.91 Å². The van der Waals surface area contributed by atoms with Crippen LogP contribution < -0.4 is 10.6 Å². The van der Waals surface area contributed by atoms with Crippen molar-refractivity contribution in [1.82, 2.24) is 10.6 Å². The van der Waals surface area contributed by atoms with E-state index in [1.807, 2.05) is 19.1 Å². The van der Waals surface area contributed by atoms with Gasteiger partial charge in [-0.3, -0.25) is 14.4 Å². The summed E-state index contributed by atoms with van der Waals surface area (Å²) in [5.41, 5.74) is 0.847. The Morgan fingerprint density at radius 3 is 1.93 bits per heavy atom. The second-order valence-corrected chi connectivity index (χ2v) is 6.47. The van der Waals surface area contributed by atoms with Crippen LogP contribution in [0.3, 0.4) is 0 Å². The number of halogens is 3. The van der Waals surface area contributed by atoms with E-state index in [2.05, 4.69) is 10.6 Å². The molecule has 5 nitrogen and oxygen atoms in total. The number of carbonyl (C=O) groups is 3. The summed E-state index contributed by atoms with van der Waals surface area (Å²) in [4.78, 5) is 35.7. The molecule has 0 aliphatic carbocycles. The number of Topliss-reactive ketones (excluding diaryl/α,β-unsaturated/α-hetero) is 1. The normalized spacial score (nSPS) is 11.0. The lowest BCUT2D eigenvalue weighted by Crippen LogP contribution is -2.34. The Morgan fingerprint density at radius 2 is 1.34 bits per heavy atom. The van der Waals surface area contributed by atoms with Crippen molar-refractivity contribution < 1.29 is 27.6 Å². The van der Waals surface area contributed by atoms with Gasteiger partial charge < -0.3 is 10.6 Å². The maximum absolute atomic E-state index is 12.5. The van der Waals surface area contributed by atoms with E-state index >= 15 is 0 Å². The summed E-state index contributed by atoms with van der Waals surface area (Å²) in [5, 5.41) is 5.09. The van der Waals surface area contributed by atoms with E-state index in [0.29, 0.717) is 5.56 Å². The van der Waals surface area contributed by atoms with Gasteiger partial charge in [-0.15, -0.1) is 0 Å². The topological polar surface area (TPSA) is 75.3 Å². The fourth-order valence-electron chi connectivity index (χ4n) is 2.49. The van der Waals surface area contributed by atoms with Crippen LogP contribution in [-0.2, 0) is 11.0 Å². The van der Waals surface area contributed by atoms with Gasteiger partial charge in [0.05, 0.1) is 5.56 Å². The molecule has 2 rings (SSSR count). The zero-order valence-corrected chi connectivity index (χ0v) is 15.8. The highest BCUT2D eigenvalue weighted by Gasteiger charge is 2.30. The van der Waals surface area contributed by atoms with Crippen LogP contribution in [-0.4, -0.2) is 30.7 Å². The smallest absolute Gasteiger partial charge is 0.354 e.